The fourth-order valence-electron chi connectivity index (χ4n) is 2.55. The Morgan fingerprint density at radius 3 is 1.62 bits per heavy atom. The smallest absolute Gasteiger partial charge is 0.434 e. The van der Waals surface area contributed by atoms with Crippen molar-refractivity contribution in [1.29, 1.82) is 0 Å². The molecule has 2 aliphatic heterocycles. The van der Waals surface area contributed by atoms with E-state index in [2.05, 4.69) is 0 Å². The minimum absolute atomic E-state index is 0.183. The first-order chi connectivity index (χ1) is 11.7. The van der Waals surface area contributed by atoms with Crippen LogP contribution in [-0.4, -0.2) is 63.2 Å². The molecule has 4 atom stereocenters. The van der Waals surface area contributed by atoms with Gasteiger partial charge in [0, 0.05) is 0 Å². The predicted molar refractivity (Wildman–Crippen MR) is 81.7 cm³/mol. The minimum atomic E-state index is -0.732. The highest BCUT2D eigenvalue weighted by atomic mass is 16.8. The summed E-state index contributed by atoms with van der Waals surface area (Å²) >= 11 is 0. The van der Waals surface area contributed by atoms with E-state index in [0.717, 1.165) is 25.7 Å². The van der Waals surface area contributed by atoms with Crippen LogP contribution in [0.5, 0.6) is 0 Å². The zero-order valence-electron chi connectivity index (χ0n) is 14.2. The van der Waals surface area contributed by atoms with Crippen molar-refractivity contribution >= 4 is 12.3 Å². The van der Waals surface area contributed by atoms with Crippen molar-refractivity contribution in [3.05, 3.63) is 0 Å². The van der Waals surface area contributed by atoms with Gasteiger partial charge in [-0.15, -0.1) is 0 Å². The van der Waals surface area contributed by atoms with E-state index in [4.69, 9.17) is 28.4 Å². The van der Waals surface area contributed by atoms with Crippen LogP contribution >= 0.6 is 0 Å². The van der Waals surface area contributed by atoms with Gasteiger partial charge in [0.15, 0.2) is 12.2 Å². The predicted octanol–water partition coefficient (Wildman–Crippen LogP) is 2.43. The van der Waals surface area contributed by atoms with Crippen LogP contribution in [0.25, 0.3) is 0 Å². The van der Waals surface area contributed by atoms with Gasteiger partial charge in [-0.05, 0) is 12.8 Å². The zero-order chi connectivity index (χ0) is 17.4. The molecule has 0 aromatic carbocycles. The molecular formula is C16H26O8. The van der Waals surface area contributed by atoms with Gasteiger partial charge >= 0.3 is 12.3 Å². The third-order valence-corrected chi connectivity index (χ3v) is 3.89. The molecule has 8 nitrogen and oxygen atoms in total. The number of fused-ring (bicyclic) bond motifs is 1. The Kier molecular flexibility index (Phi) is 7.58. The Bertz CT molecular complexity index is 375. The molecule has 0 N–H and O–H groups in total. The monoisotopic (exact) mass is 346 g/mol. The van der Waals surface area contributed by atoms with Crippen molar-refractivity contribution in [3.63, 3.8) is 0 Å². The quantitative estimate of drug-likeness (QED) is 0.489. The molecule has 0 radical (unpaired) electrons. The molecule has 138 valence electrons. The Hall–Kier alpha value is -1.54. The van der Waals surface area contributed by atoms with E-state index in [0.29, 0.717) is 13.2 Å². The van der Waals surface area contributed by atoms with Crippen molar-refractivity contribution in [1.82, 2.24) is 0 Å². The largest absolute Gasteiger partial charge is 0.508 e. The highest BCUT2D eigenvalue weighted by molar-refractivity contribution is 5.60. The van der Waals surface area contributed by atoms with Crippen LogP contribution in [0, 0.1) is 0 Å². The van der Waals surface area contributed by atoms with Crippen LogP contribution in [0.3, 0.4) is 0 Å². The fraction of sp³-hybridized carbons (Fsp3) is 0.875. The van der Waals surface area contributed by atoms with Gasteiger partial charge in [-0.2, -0.15) is 0 Å². The summed E-state index contributed by atoms with van der Waals surface area (Å²) in [6.45, 7) is 5.03. The van der Waals surface area contributed by atoms with E-state index >= 15 is 0 Å². The average Bonchev–Trinajstić information content (AvgIpc) is 3.12. The summed E-state index contributed by atoms with van der Waals surface area (Å²) < 4.78 is 31.5. The molecule has 0 aromatic heterocycles. The number of carbonyl (C=O) groups excluding carboxylic acids is 2. The summed E-state index contributed by atoms with van der Waals surface area (Å²) in [5, 5.41) is 0. The molecule has 2 rings (SSSR count). The molecule has 2 aliphatic rings. The summed E-state index contributed by atoms with van der Waals surface area (Å²) in [7, 11) is 0. The summed E-state index contributed by atoms with van der Waals surface area (Å²) in [6, 6.07) is 0. The second kappa shape index (κ2) is 9.68. The van der Waals surface area contributed by atoms with Crippen molar-refractivity contribution < 1.29 is 38.0 Å². The molecule has 0 amide bonds. The highest BCUT2D eigenvalue weighted by Gasteiger charge is 2.51. The number of hydrogen-bond acceptors (Lipinski definition) is 8. The standard InChI is InChI=1S/C16H26O8/c1-3-5-7-19-15(17)23-11-9-21-14-12(10-22-13(11)14)24-16(18)20-8-6-4-2/h11-14H,3-10H2,1-2H3/t11?,12?,13-,14-/m1/s1. The lowest BCUT2D eigenvalue weighted by Crippen LogP contribution is -2.36. The van der Waals surface area contributed by atoms with Crippen molar-refractivity contribution in [3.8, 4) is 0 Å². The fourth-order valence-corrected chi connectivity index (χ4v) is 2.55. The Labute approximate surface area is 141 Å². The van der Waals surface area contributed by atoms with Gasteiger partial charge < -0.3 is 28.4 Å². The van der Waals surface area contributed by atoms with Crippen molar-refractivity contribution in [2.24, 2.45) is 0 Å². The Balaban J connectivity index is 1.73. The summed E-state index contributed by atoms with van der Waals surface area (Å²) in [5.41, 5.74) is 0. The Morgan fingerprint density at radius 2 is 1.25 bits per heavy atom. The normalized spacial score (nSPS) is 28.2. The average molecular weight is 346 g/mol. The molecule has 8 heteroatoms. The summed E-state index contributed by atoms with van der Waals surface area (Å²) in [4.78, 5) is 23.2. The van der Waals surface area contributed by atoms with E-state index < -0.39 is 36.7 Å². The molecule has 0 aliphatic carbocycles. The van der Waals surface area contributed by atoms with E-state index in [1.54, 1.807) is 0 Å². The van der Waals surface area contributed by atoms with E-state index in [9.17, 15) is 9.59 Å². The van der Waals surface area contributed by atoms with Gasteiger partial charge in [-0.25, -0.2) is 9.59 Å². The van der Waals surface area contributed by atoms with Gasteiger partial charge in [0.2, 0.25) is 0 Å². The van der Waals surface area contributed by atoms with E-state index in [1.807, 2.05) is 13.8 Å². The first kappa shape index (κ1) is 18.8. The third-order valence-electron chi connectivity index (χ3n) is 3.89. The van der Waals surface area contributed by atoms with Gasteiger partial charge in [-0.3, -0.25) is 0 Å². The SMILES string of the molecule is CCCCOC(=O)OC1CO[C@@H]2C(OC(=O)OCCCC)CO[C@H]12. The molecule has 2 heterocycles. The van der Waals surface area contributed by atoms with Crippen molar-refractivity contribution in [2.75, 3.05) is 26.4 Å². The number of carbonyl (C=O) groups is 2. The number of rotatable bonds is 8. The first-order valence-electron chi connectivity index (χ1n) is 8.55. The molecule has 2 unspecified atom stereocenters. The van der Waals surface area contributed by atoms with Crippen LogP contribution in [0.4, 0.5) is 9.59 Å². The van der Waals surface area contributed by atoms with Crippen LogP contribution in [0.1, 0.15) is 39.5 Å². The second-order valence-corrected chi connectivity index (χ2v) is 5.81. The van der Waals surface area contributed by atoms with Crippen LogP contribution in [0.15, 0.2) is 0 Å². The number of hydrogen-bond donors (Lipinski definition) is 0. The van der Waals surface area contributed by atoms with Crippen LogP contribution in [0.2, 0.25) is 0 Å². The molecule has 0 bridgehead atoms. The van der Waals surface area contributed by atoms with Crippen LogP contribution in [-0.2, 0) is 28.4 Å². The molecule has 2 fully saturated rings. The van der Waals surface area contributed by atoms with E-state index in [-0.39, 0.29) is 13.2 Å². The molecule has 0 saturated carbocycles. The maximum atomic E-state index is 11.6. The molecule has 24 heavy (non-hydrogen) atoms. The maximum Gasteiger partial charge on any atom is 0.508 e. The number of unbranched alkanes of at least 4 members (excludes halogenated alkanes) is 2. The molecular weight excluding hydrogens is 320 g/mol. The zero-order valence-corrected chi connectivity index (χ0v) is 14.2. The summed E-state index contributed by atoms with van der Waals surface area (Å²) in [5.74, 6) is 0. The lowest BCUT2D eigenvalue weighted by Gasteiger charge is -2.17. The third kappa shape index (κ3) is 5.24. The lowest BCUT2D eigenvalue weighted by atomic mass is 10.1. The van der Waals surface area contributed by atoms with Gasteiger partial charge in [-0.1, -0.05) is 26.7 Å². The highest BCUT2D eigenvalue weighted by Crippen LogP contribution is 2.31. The minimum Gasteiger partial charge on any atom is -0.434 e. The van der Waals surface area contributed by atoms with Gasteiger partial charge in [0.25, 0.3) is 0 Å². The first-order valence-corrected chi connectivity index (χ1v) is 8.55. The van der Waals surface area contributed by atoms with Crippen LogP contribution < -0.4 is 0 Å². The van der Waals surface area contributed by atoms with Gasteiger partial charge in [0.05, 0.1) is 26.4 Å². The maximum absolute atomic E-state index is 11.6. The second-order valence-electron chi connectivity index (χ2n) is 5.81. The molecule has 0 aromatic rings. The lowest BCUT2D eigenvalue weighted by molar-refractivity contribution is -0.0421. The summed E-state index contributed by atoms with van der Waals surface area (Å²) in [6.07, 6.45) is -0.0718. The topological polar surface area (TPSA) is 89.5 Å². The van der Waals surface area contributed by atoms with E-state index in [1.165, 1.54) is 0 Å². The molecule has 2 saturated heterocycles. The number of ether oxygens (including phenoxy) is 6. The Morgan fingerprint density at radius 1 is 0.833 bits per heavy atom. The van der Waals surface area contributed by atoms with Gasteiger partial charge in [0.1, 0.15) is 12.2 Å². The van der Waals surface area contributed by atoms with Crippen molar-refractivity contribution in [2.45, 2.75) is 63.9 Å². The molecule has 0 spiro atoms.